The van der Waals surface area contributed by atoms with E-state index in [2.05, 4.69) is 20.3 Å². The van der Waals surface area contributed by atoms with Gasteiger partial charge < -0.3 is 5.32 Å². The number of carbonyl (C=O) groups excluding carboxylic acids is 1. The molecular weight excluding hydrogens is 402 g/mol. The minimum absolute atomic E-state index is 0.102. The number of fused-ring (bicyclic) bond motifs is 3. The summed E-state index contributed by atoms with van der Waals surface area (Å²) >= 11 is 4.65. The van der Waals surface area contributed by atoms with E-state index in [4.69, 9.17) is 0 Å². The fourth-order valence-corrected chi connectivity index (χ4v) is 5.27. The molecule has 1 aromatic carbocycles. The third kappa shape index (κ3) is 3.35. The van der Waals surface area contributed by atoms with Gasteiger partial charge in [0, 0.05) is 11.3 Å². The first kappa shape index (κ1) is 18.1. The molecule has 0 saturated heterocycles. The van der Waals surface area contributed by atoms with Crippen molar-refractivity contribution in [1.82, 2.24) is 19.5 Å². The van der Waals surface area contributed by atoms with Crippen molar-refractivity contribution in [3.63, 3.8) is 0 Å². The van der Waals surface area contributed by atoms with E-state index in [0.717, 1.165) is 24.8 Å². The van der Waals surface area contributed by atoms with Crippen LogP contribution >= 0.6 is 34.4 Å². The zero-order chi connectivity index (χ0) is 19.1. The Balaban J connectivity index is 1.60. The molecule has 3 aromatic heterocycles. The lowest BCUT2D eigenvalue weighted by Gasteiger charge is -2.07. The fourth-order valence-electron chi connectivity index (χ4n) is 2.60. The van der Waals surface area contributed by atoms with Gasteiger partial charge in [-0.05, 0) is 32.2 Å². The number of amides is 1. The van der Waals surface area contributed by atoms with Crippen LogP contribution in [-0.2, 0) is 11.3 Å². The summed E-state index contributed by atoms with van der Waals surface area (Å²) in [6.45, 7) is 3.37. The SMILES string of the molecule is CSc1nc2ccc3nc(NC(=O)Cn4cnc(C)c(C)c4=O)sc3c2s1. The first-order chi connectivity index (χ1) is 13.0. The van der Waals surface area contributed by atoms with Gasteiger partial charge in [0.25, 0.3) is 5.56 Å². The van der Waals surface area contributed by atoms with Gasteiger partial charge >= 0.3 is 0 Å². The Hall–Kier alpha value is -2.30. The Labute approximate surface area is 166 Å². The number of nitrogens with one attached hydrogen (secondary N) is 1. The van der Waals surface area contributed by atoms with Crippen LogP contribution in [0.2, 0.25) is 0 Å². The molecule has 3 heterocycles. The molecule has 7 nitrogen and oxygen atoms in total. The van der Waals surface area contributed by atoms with Crippen LogP contribution in [0.25, 0.3) is 20.4 Å². The Bertz CT molecular complexity index is 1240. The Morgan fingerprint density at radius 2 is 1.89 bits per heavy atom. The number of benzene rings is 1. The summed E-state index contributed by atoms with van der Waals surface area (Å²) in [6, 6.07) is 3.85. The van der Waals surface area contributed by atoms with Crippen LogP contribution in [0, 0.1) is 13.8 Å². The van der Waals surface area contributed by atoms with Gasteiger partial charge in [0.15, 0.2) is 9.47 Å². The maximum absolute atomic E-state index is 12.4. The van der Waals surface area contributed by atoms with E-state index in [0.29, 0.717) is 16.4 Å². The van der Waals surface area contributed by atoms with Crippen molar-refractivity contribution < 1.29 is 4.79 Å². The molecule has 0 atom stereocenters. The number of hydrogen-bond acceptors (Lipinski definition) is 8. The molecule has 27 heavy (non-hydrogen) atoms. The van der Waals surface area contributed by atoms with Gasteiger partial charge in [0.2, 0.25) is 5.91 Å². The summed E-state index contributed by atoms with van der Waals surface area (Å²) < 4.78 is 4.38. The molecule has 138 valence electrons. The van der Waals surface area contributed by atoms with Gasteiger partial charge in [0.05, 0.1) is 26.8 Å². The van der Waals surface area contributed by atoms with Crippen LogP contribution in [0.15, 0.2) is 27.6 Å². The average Bonchev–Trinajstić information content (AvgIpc) is 3.24. The number of aromatic nitrogens is 4. The van der Waals surface area contributed by atoms with E-state index >= 15 is 0 Å². The van der Waals surface area contributed by atoms with Gasteiger partial charge in [-0.1, -0.05) is 23.1 Å². The number of aryl methyl sites for hydroxylation is 1. The molecule has 0 aliphatic heterocycles. The quantitative estimate of drug-likeness (QED) is 0.512. The predicted molar refractivity (Wildman–Crippen MR) is 111 cm³/mol. The molecule has 1 amide bonds. The lowest BCUT2D eigenvalue weighted by atomic mass is 10.3. The van der Waals surface area contributed by atoms with Crippen molar-refractivity contribution in [3.05, 3.63) is 40.1 Å². The summed E-state index contributed by atoms with van der Waals surface area (Å²) in [5.41, 5.74) is 2.76. The fraction of sp³-hybridized carbons (Fsp3) is 0.235. The van der Waals surface area contributed by atoms with E-state index in [-0.39, 0.29) is 18.0 Å². The summed E-state index contributed by atoms with van der Waals surface area (Å²) in [7, 11) is 0. The number of carbonyl (C=O) groups is 1. The Kier molecular flexibility index (Phi) is 4.70. The summed E-state index contributed by atoms with van der Waals surface area (Å²) in [6.07, 6.45) is 3.39. The van der Waals surface area contributed by atoms with Crippen molar-refractivity contribution in [3.8, 4) is 0 Å². The second-order valence-corrected chi connectivity index (χ2v) is 8.95. The second kappa shape index (κ2) is 7.02. The molecule has 0 unspecified atom stereocenters. The van der Waals surface area contributed by atoms with Crippen molar-refractivity contribution in [2.24, 2.45) is 0 Å². The molecular formula is C17H15N5O2S3. The number of nitrogens with zero attached hydrogens (tertiary/aromatic N) is 4. The molecule has 4 rings (SSSR count). The van der Waals surface area contributed by atoms with Crippen LogP contribution in [0.4, 0.5) is 5.13 Å². The molecule has 0 fully saturated rings. The third-order valence-corrected chi connectivity index (χ3v) is 7.35. The van der Waals surface area contributed by atoms with Crippen molar-refractivity contribution in [2.45, 2.75) is 24.7 Å². The summed E-state index contributed by atoms with van der Waals surface area (Å²) in [5.74, 6) is -0.313. The maximum Gasteiger partial charge on any atom is 0.256 e. The van der Waals surface area contributed by atoms with E-state index in [9.17, 15) is 9.59 Å². The normalized spacial score (nSPS) is 11.4. The van der Waals surface area contributed by atoms with Gasteiger partial charge in [-0.25, -0.2) is 15.0 Å². The average molecular weight is 418 g/mol. The number of hydrogen-bond donors (Lipinski definition) is 1. The summed E-state index contributed by atoms with van der Waals surface area (Å²) in [4.78, 5) is 37.8. The van der Waals surface area contributed by atoms with Gasteiger partial charge in [-0.15, -0.1) is 11.3 Å². The number of thiazole rings is 2. The van der Waals surface area contributed by atoms with E-state index in [1.165, 1.54) is 22.2 Å². The highest BCUT2D eigenvalue weighted by Crippen LogP contribution is 2.37. The van der Waals surface area contributed by atoms with Gasteiger partial charge in [-0.2, -0.15) is 0 Å². The van der Waals surface area contributed by atoms with Crippen LogP contribution < -0.4 is 10.9 Å². The molecule has 0 aliphatic rings. The molecule has 0 spiro atoms. The molecule has 0 bridgehead atoms. The van der Waals surface area contributed by atoms with Crippen molar-refractivity contribution in [1.29, 1.82) is 0 Å². The highest BCUT2D eigenvalue weighted by Gasteiger charge is 2.14. The zero-order valence-corrected chi connectivity index (χ0v) is 17.2. The van der Waals surface area contributed by atoms with Crippen LogP contribution in [-0.4, -0.2) is 31.7 Å². The predicted octanol–water partition coefficient (Wildman–Crippen LogP) is 3.44. The lowest BCUT2D eigenvalue weighted by Crippen LogP contribution is -2.29. The topological polar surface area (TPSA) is 89.8 Å². The zero-order valence-electron chi connectivity index (χ0n) is 14.8. The minimum Gasteiger partial charge on any atom is -0.300 e. The Morgan fingerprint density at radius 1 is 1.19 bits per heavy atom. The van der Waals surface area contributed by atoms with E-state index in [1.54, 1.807) is 36.9 Å². The number of anilines is 1. The van der Waals surface area contributed by atoms with Crippen molar-refractivity contribution >= 4 is 65.9 Å². The van der Waals surface area contributed by atoms with E-state index in [1.807, 2.05) is 18.4 Å². The van der Waals surface area contributed by atoms with Crippen LogP contribution in [0.1, 0.15) is 11.3 Å². The summed E-state index contributed by atoms with van der Waals surface area (Å²) in [5, 5.41) is 3.29. The van der Waals surface area contributed by atoms with Gasteiger partial charge in [-0.3, -0.25) is 14.2 Å². The van der Waals surface area contributed by atoms with Crippen molar-refractivity contribution in [2.75, 3.05) is 11.6 Å². The Morgan fingerprint density at radius 3 is 2.63 bits per heavy atom. The second-order valence-electron chi connectivity index (χ2n) is 5.90. The molecule has 0 aliphatic carbocycles. The monoisotopic (exact) mass is 417 g/mol. The standard InChI is InChI=1S/C17H15N5O2S3/c1-8-9(2)18-7-22(15(8)24)6-12(23)21-16-19-10-4-5-11-14(13(10)26-16)27-17(20-11)25-3/h4-5,7H,6H2,1-3H3,(H,19,21,23). The molecule has 1 N–H and O–H groups in total. The van der Waals surface area contributed by atoms with Gasteiger partial charge in [0.1, 0.15) is 6.54 Å². The smallest absolute Gasteiger partial charge is 0.256 e. The maximum atomic E-state index is 12.4. The third-order valence-electron chi connectivity index (χ3n) is 4.14. The molecule has 4 aromatic rings. The van der Waals surface area contributed by atoms with E-state index < -0.39 is 0 Å². The number of thioether (sulfide) groups is 1. The van der Waals surface area contributed by atoms with Crippen LogP contribution in [0.3, 0.4) is 0 Å². The highest BCUT2D eigenvalue weighted by molar-refractivity contribution is 8.00. The lowest BCUT2D eigenvalue weighted by molar-refractivity contribution is -0.116. The van der Waals surface area contributed by atoms with Crippen LogP contribution in [0.5, 0.6) is 0 Å². The largest absolute Gasteiger partial charge is 0.300 e. The first-order valence-electron chi connectivity index (χ1n) is 8.03. The molecule has 0 radical (unpaired) electrons. The molecule has 10 heteroatoms. The highest BCUT2D eigenvalue weighted by atomic mass is 32.2. The number of rotatable bonds is 4. The first-order valence-corrected chi connectivity index (χ1v) is 10.9. The molecule has 0 saturated carbocycles. The minimum atomic E-state index is -0.313.